The van der Waals surface area contributed by atoms with Gasteiger partial charge in [0.05, 0.1) is 16.6 Å². The van der Waals surface area contributed by atoms with Crippen LogP contribution in [0.5, 0.6) is 0 Å². The van der Waals surface area contributed by atoms with E-state index in [4.69, 9.17) is 5.26 Å². The molecule has 2 heterocycles. The number of nitrogens with zero attached hydrogens (tertiary/aromatic N) is 2. The first-order valence-electron chi connectivity index (χ1n) is 5.10. The zero-order chi connectivity index (χ0) is 11.5. The molecule has 2 aromatic heterocycles. The van der Waals surface area contributed by atoms with Crippen molar-refractivity contribution in [3.05, 3.63) is 27.6 Å². The van der Waals surface area contributed by atoms with Crippen LogP contribution in [0.4, 0.5) is 0 Å². The predicted molar refractivity (Wildman–Crippen MR) is 68.8 cm³/mol. The number of thiophene rings is 1. The average molecular weight is 248 g/mol. The summed E-state index contributed by atoms with van der Waals surface area (Å²) >= 11 is 3.45. The quantitative estimate of drug-likeness (QED) is 0.824. The van der Waals surface area contributed by atoms with E-state index in [9.17, 15) is 0 Å². The van der Waals surface area contributed by atoms with Crippen molar-refractivity contribution in [1.29, 1.82) is 5.26 Å². The molecule has 0 fully saturated rings. The number of hydrogen-bond acceptors (Lipinski definition) is 4. The van der Waals surface area contributed by atoms with E-state index in [1.54, 1.807) is 22.7 Å². The van der Waals surface area contributed by atoms with Crippen LogP contribution in [0.15, 0.2) is 11.4 Å². The first-order valence-corrected chi connectivity index (χ1v) is 6.79. The first-order chi connectivity index (χ1) is 7.72. The van der Waals surface area contributed by atoms with Crippen LogP contribution in [0.3, 0.4) is 0 Å². The van der Waals surface area contributed by atoms with Crippen molar-refractivity contribution in [2.24, 2.45) is 0 Å². The summed E-state index contributed by atoms with van der Waals surface area (Å²) in [5.41, 5.74) is 2.36. The Kier molecular flexibility index (Phi) is 3.37. The Morgan fingerprint density at radius 3 is 2.88 bits per heavy atom. The number of hydrogen-bond donors (Lipinski definition) is 0. The van der Waals surface area contributed by atoms with Gasteiger partial charge >= 0.3 is 0 Å². The Hall–Kier alpha value is -1.18. The second-order valence-corrected chi connectivity index (χ2v) is 5.62. The molecule has 82 valence electrons. The van der Waals surface area contributed by atoms with Gasteiger partial charge in [-0.2, -0.15) is 5.26 Å². The third-order valence-electron chi connectivity index (χ3n) is 2.41. The Morgan fingerprint density at radius 2 is 2.25 bits per heavy atom. The summed E-state index contributed by atoms with van der Waals surface area (Å²) in [6, 6.07) is 4.30. The Morgan fingerprint density at radius 1 is 1.44 bits per heavy atom. The maximum absolute atomic E-state index is 8.59. The fraction of sp³-hybridized carbons (Fsp3) is 0.333. The van der Waals surface area contributed by atoms with Gasteiger partial charge in [-0.15, -0.1) is 22.7 Å². The molecule has 0 radical (unpaired) electrons. The molecule has 0 amide bonds. The molecule has 0 aliphatic carbocycles. The van der Waals surface area contributed by atoms with E-state index in [0.717, 1.165) is 17.1 Å². The van der Waals surface area contributed by atoms with Crippen molar-refractivity contribution in [3.8, 4) is 16.0 Å². The van der Waals surface area contributed by atoms with E-state index in [2.05, 4.69) is 29.4 Å². The average Bonchev–Trinajstić information content (AvgIpc) is 2.82. The highest BCUT2D eigenvalue weighted by Gasteiger charge is 2.11. The SMILES string of the molecule is Cc1ccsc1-c1nc(C)c(CCC#N)s1. The third kappa shape index (κ3) is 2.16. The van der Waals surface area contributed by atoms with E-state index < -0.39 is 0 Å². The van der Waals surface area contributed by atoms with E-state index in [-0.39, 0.29) is 0 Å². The molecule has 16 heavy (non-hydrogen) atoms. The second-order valence-electron chi connectivity index (χ2n) is 3.62. The van der Waals surface area contributed by atoms with Crippen LogP contribution in [0.1, 0.15) is 22.6 Å². The predicted octanol–water partition coefficient (Wildman–Crippen LogP) is 3.94. The minimum absolute atomic E-state index is 0.575. The lowest BCUT2D eigenvalue weighted by molar-refractivity contribution is 1.01. The smallest absolute Gasteiger partial charge is 0.134 e. The van der Waals surface area contributed by atoms with Gasteiger partial charge < -0.3 is 0 Å². The van der Waals surface area contributed by atoms with E-state index in [1.165, 1.54) is 15.3 Å². The van der Waals surface area contributed by atoms with Crippen LogP contribution in [-0.2, 0) is 6.42 Å². The van der Waals surface area contributed by atoms with Gasteiger partial charge in [0, 0.05) is 11.3 Å². The zero-order valence-electron chi connectivity index (χ0n) is 9.28. The number of thiazole rings is 1. The molecular weight excluding hydrogens is 236 g/mol. The number of aromatic nitrogens is 1. The van der Waals surface area contributed by atoms with Gasteiger partial charge in [0.25, 0.3) is 0 Å². The highest BCUT2D eigenvalue weighted by Crippen LogP contribution is 2.34. The van der Waals surface area contributed by atoms with Crippen molar-refractivity contribution in [3.63, 3.8) is 0 Å². The van der Waals surface area contributed by atoms with Crippen LogP contribution >= 0.6 is 22.7 Å². The van der Waals surface area contributed by atoms with Crippen molar-refractivity contribution in [1.82, 2.24) is 4.98 Å². The maximum atomic E-state index is 8.59. The van der Waals surface area contributed by atoms with Gasteiger partial charge in [-0.05, 0) is 37.3 Å². The molecule has 0 unspecified atom stereocenters. The molecule has 0 N–H and O–H groups in total. The number of rotatable bonds is 3. The standard InChI is InChI=1S/C12H12N2S2/c1-8-5-7-15-11(8)12-14-9(2)10(16-12)4-3-6-13/h5,7H,3-4H2,1-2H3. The van der Waals surface area contributed by atoms with Crippen LogP contribution in [0, 0.1) is 25.2 Å². The maximum Gasteiger partial charge on any atom is 0.134 e. The van der Waals surface area contributed by atoms with Gasteiger partial charge in [0.15, 0.2) is 0 Å². The lowest BCUT2D eigenvalue weighted by atomic mass is 10.2. The summed E-state index contributed by atoms with van der Waals surface area (Å²) in [7, 11) is 0. The largest absolute Gasteiger partial charge is 0.240 e. The molecule has 0 atom stereocenters. The summed E-state index contributed by atoms with van der Waals surface area (Å²) in [5.74, 6) is 0. The van der Waals surface area contributed by atoms with E-state index >= 15 is 0 Å². The zero-order valence-corrected chi connectivity index (χ0v) is 10.9. The molecule has 2 nitrogen and oxygen atoms in total. The molecule has 0 aliphatic heterocycles. The van der Waals surface area contributed by atoms with Crippen LogP contribution in [0.25, 0.3) is 9.88 Å². The van der Waals surface area contributed by atoms with Crippen molar-refractivity contribution in [2.75, 3.05) is 0 Å². The molecule has 0 saturated carbocycles. The lowest BCUT2D eigenvalue weighted by Crippen LogP contribution is -1.82. The molecule has 0 aliphatic rings. The van der Waals surface area contributed by atoms with Gasteiger partial charge in [-0.25, -0.2) is 4.98 Å². The monoisotopic (exact) mass is 248 g/mol. The molecule has 2 rings (SSSR count). The van der Waals surface area contributed by atoms with Crippen molar-refractivity contribution < 1.29 is 0 Å². The molecule has 0 bridgehead atoms. The Bertz CT molecular complexity index is 531. The fourth-order valence-corrected chi connectivity index (χ4v) is 3.66. The molecule has 0 saturated heterocycles. The molecule has 2 aromatic rings. The van der Waals surface area contributed by atoms with Crippen LogP contribution in [0.2, 0.25) is 0 Å². The van der Waals surface area contributed by atoms with Crippen LogP contribution in [-0.4, -0.2) is 4.98 Å². The first kappa shape index (κ1) is 11.3. The molecular formula is C12H12N2S2. The summed E-state index contributed by atoms with van der Waals surface area (Å²) in [6.45, 7) is 4.13. The second kappa shape index (κ2) is 4.77. The highest BCUT2D eigenvalue weighted by molar-refractivity contribution is 7.21. The summed E-state index contributed by atoms with van der Waals surface area (Å²) in [6.07, 6.45) is 1.40. The van der Waals surface area contributed by atoms with E-state index in [0.29, 0.717) is 6.42 Å². The summed E-state index contributed by atoms with van der Waals surface area (Å²) in [4.78, 5) is 7.09. The summed E-state index contributed by atoms with van der Waals surface area (Å²) in [5, 5.41) is 11.8. The highest BCUT2D eigenvalue weighted by atomic mass is 32.1. The van der Waals surface area contributed by atoms with Gasteiger partial charge in [0.2, 0.25) is 0 Å². The molecule has 0 aromatic carbocycles. The minimum atomic E-state index is 0.575. The molecule has 0 spiro atoms. The summed E-state index contributed by atoms with van der Waals surface area (Å²) < 4.78 is 0. The Labute approximate surface area is 103 Å². The number of aryl methyl sites for hydroxylation is 3. The normalized spacial score (nSPS) is 10.3. The van der Waals surface area contributed by atoms with Crippen molar-refractivity contribution >= 4 is 22.7 Å². The van der Waals surface area contributed by atoms with Crippen molar-refractivity contribution in [2.45, 2.75) is 26.7 Å². The van der Waals surface area contributed by atoms with Crippen LogP contribution < -0.4 is 0 Å². The fourth-order valence-electron chi connectivity index (χ4n) is 1.52. The van der Waals surface area contributed by atoms with Gasteiger partial charge in [-0.1, -0.05) is 0 Å². The number of nitriles is 1. The molecule has 4 heteroatoms. The van der Waals surface area contributed by atoms with E-state index in [1.807, 2.05) is 6.92 Å². The van der Waals surface area contributed by atoms with Gasteiger partial charge in [0.1, 0.15) is 5.01 Å². The lowest BCUT2D eigenvalue weighted by Gasteiger charge is -1.91. The minimum Gasteiger partial charge on any atom is -0.240 e. The Balaban J connectivity index is 2.31. The third-order valence-corrected chi connectivity index (χ3v) is 4.80. The van der Waals surface area contributed by atoms with Gasteiger partial charge in [-0.3, -0.25) is 0 Å². The topological polar surface area (TPSA) is 36.7 Å².